The van der Waals surface area contributed by atoms with Gasteiger partial charge in [-0.3, -0.25) is 14.3 Å². The van der Waals surface area contributed by atoms with E-state index in [2.05, 4.69) is 29.1 Å². The first-order chi connectivity index (χ1) is 14.0. The zero-order valence-electron chi connectivity index (χ0n) is 18.2. The van der Waals surface area contributed by atoms with Gasteiger partial charge >= 0.3 is 0 Å². The van der Waals surface area contributed by atoms with Crippen molar-refractivity contribution in [1.82, 2.24) is 19.9 Å². The lowest BCUT2D eigenvalue weighted by atomic mass is 9.83. The van der Waals surface area contributed by atoms with Crippen molar-refractivity contribution in [3.05, 3.63) is 35.7 Å². The summed E-state index contributed by atoms with van der Waals surface area (Å²) < 4.78 is 7.53. The fraction of sp³-hybridized carbons (Fsp3) is 0.609. The summed E-state index contributed by atoms with van der Waals surface area (Å²) in [5, 5.41) is 3.09. The van der Waals surface area contributed by atoms with Crippen LogP contribution < -0.4 is 10.1 Å². The Labute approximate surface area is 174 Å². The van der Waals surface area contributed by atoms with E-state index in [1.165, 1.54) is 25.7 Å². The Morgan fingerprint density at radius 1 is 1.28 bits per heavy atom. The summed E-state index contributed by atoms with van der Waals surface area (Å²) >= 11 is 0. The van der Waals surface area contributed by atoms with Crippen LogP contribution >= 0.6 is 0 Å². The maximum Gasteiger partial charge on any atom is 0.271 e. The summed E-state index contributed by atoms with van der Waals surface area (Å²) in [6.07, 6.45) is 11.2. The highest BCUT2D eigenvalue weighted by atomic mass is 16.5. The maximum absolute atomic E-state index is 12.7. The number of aryl methyl sites for hydroxylation is 2. The number of pyridine rings is 1. The molecule has 2 aromatic rings. The third-order valence-electron chi connectivity index (χ3n) is 5.90. The molecule has 1 N–H and O–H groups in total. The van der Waals surface area contributed by atoms with Crippen LogP contribution in [0.4, 0.5) is 0 Å². The Morgan fingerprint density at radius 3 is 2.69 bits per heavy atom. The van der Waals surface area contributed by atoms with Gasteiger partial charge in [-0.1, -0.05) is 40.0 Å². The van der Waals surface area contributed by atoms with Crippen molar-refractivity contribution in [2.24, 2.45) is 11.8 Å². The molecule has 2 aromatic heterocycles. The minimum absolute atomic E-state index is 0.105. The van der Waals surface area contributed by atoms with E-state index in [1.807, 2.05) is 23.8 Å². The highest BCUT2D eigenvalue weighted by Gasteiger charge is 2.21. The van der Waals surface area contributed by atoms with Crippen molar-refractivity contribution in [3.63, 3.8) is 0 Å². The van der Waals surface area contributed by atoms with Crippen LogP contribution in [0, 0.1) is 11.8 Å². The summed E-state index contributed by atoms with van der Waals surface area (Å²) in [4.78, 5) is 21.9. The Morgan fingerprint density at radius 2 is 2.03 bits per heavy atom. The fourth-order valence-electron chi connectivity index (χ4n) is 4.05. The minimum Gasteiger partial charge on any atom is -0.494 e. The van der Waals surface area contributed by atoms with Gasteiger partial charge in [0.25, 0.3) is 5.91 Å². The molecule has 1 amide bonds. The molecule has 0 spiro atoms. The molecular formula is C23H34N4O2. The number of nitrogens with zero attached hydrogens (tertiary/aromatic N) is 3. The molecule has 0 bridgehead atoms. The Hall–Kier alpha value is -2.37. The zero-order valence-corrected chi connectivity index (χ0v) is 18.2. The molecule has 6 heteroatoms. The number of carbonyl (C=O) groups excluding carboxylic acids is 1. The molecule has 1 fully saturated rings. The minimum atomic E-state index is -0.105. The van der Waals surface area contributed by atoms with Gasteiger partial charge in [-0.2, -0.15) is 0 Å². The van der Waals surface area contributed by atoms with E-state index in [1.54, 1.807) is 13.3 Å². The summed E-state index contributed by atoms with van der Waals surface area (Å²) in [6, 6.07) is 1.97. The van der Waals surface area contributed by atoms with Crippen LogP contribution in [0.5, 0.6) is 5.75 Å². The number of hydrogen-bond acceptors (Lipinski definition) is 4. The lowest BCUT2D eigenvalue weighted by Gasteiger charge is -2.26. The first kappa shape index (κ1) is 21.3. The second kappa shape index (κ2) is 9.90. The number of nitrogens with one attached hydrogen (secondary N) is 1. The number of hydrogen-bond donors (Lipinski definition) is 1. The van der Waals surface area contributed by atoms with E-state index < -0.39 is 0 Å². The lowest BCUT2D eigenvalue weighted by Crippen LogP contribution is -2.31. The van der Waals surface area contributed by atoms with Crippen LogP contribution in [0.15, 0.2) is 18.5 Å². The predicted molar refractivity (Wildman–Crippen MR) is 115 cm³/mol. The van der Waals surface area contributed by atoms with Crippen molar-refractivity contribution in [2.75, 3.05) is 13.7 Å². The molecule has 1 aliphatic carbocycles. The Bertz CT molecular complexity index is 822. The SMILES string of the molecule is CCCc1cc(OC)c(-n2cc(C(=O)NCC3CCC(C)CC3)nc2CC)cn1. The standard InChI is InChI=1S/C23H34N4O2/c1-5-7-18-12-21(29-4)20(14-24-18)27-15-19(26-22(27)6-2)23(28)25-13-17-10-8-16(3)9-11-17/h12,14-17H,5-11,13H2,1-4H3,(H,25,28). The monoisotopic (exact) mass is 398 g/mol. The quantitative estimate of drug-likeness (QED) is 0.718. The van der Waals surface area contributed by atoms with Crippen molar-refractivity contribution in [3.8, 4) is 11.4 Å². The van der Waals surface area contributed by atoms with E-state index in [0.717, 1.165) is 48.3 Å². The van der Waals surface area contributed by atoms with Gasteiger partial charge in [-0.05, 0) is 31.1 Å². The molecular weight excluding hydrogens is 364 g/mol. The van der Waals surface area contributed by atoms with Crippen LogP contribution in [0.2, 0.25) is 0 Å². The molecule has 0 saturated heterocycles. The van der Waals surface area contributed by atoms with Gasteiger partial charge in [0, 0.05) is 30.9 Å². The van der Waals surface area contributed by atoms with E-state index in [4.69, 9.17) is 4.74 Å². The van der Waals surface area contributed by atoms with E-state index in [9.17, 15) is 4.79 Å². The van der Waals surface area contributed by atoms with Gasteiger partial charge in [-0.25, -0.2) is 4.98 Å². The van der Waals surface area contributed by atoms with Crippen LogP contribution in [0.1, 0.15) is 74.9 Å². The van der Waals surface area contributed by atoms with Crippen molar-refractivity contribution in [1.29, 1.82) is 0 Å². The van der Waals surface area contributed by atoms with Crippen molar-refractivity contribution < 1.29 is 9.53 Å². The van der Waals surface area contributed by atoms with Crippen molar-refractivity contribution in [2.45, 2.75) is 65.7 Å². The Kier molecular flexibility index (Phi) is 7.29. The number of amides is 1. The topological polar surface area (TPSA) is 69.0 Å². The average molecular weight is 399 g/mol. The molecule has 3 rings (SSSR count). The highest BCUT2D eigenvalue weighted by molar-refractivity contribution is 5.92. The number of rotatable bonds is 8. The second-order valence-corrected chi connectivity index (χ2v) is 8.20. The molecule has 0 unspecified atom stereocenters. The number of methoxy groups -OCH3 is 1. The van der Waals surface area contributed by atoms with Gasteiger partial charge in [0.05, 0.1) is 13.3 Å². The number of carbonyl (C=O) groups is 1. The molecule has 29 heavy (non-hydrogen) atoms. The van der Waals surface area contributed by atoms with E-state index in [-0.39, 0.29) is 5.91 Å². The van der Waals surface area contributed by atoms with Gasteiger partial charge < -0.3 is 10.1 Å². The molecule has 0 atom stereocenters. The molecule has 0 radical (unpaired) electrons. The van der Waals surface area contributed by atoms with Gasteiger partial charge in [-0.15, -0.1) is 0 Å². The second-order valence-electron chi connectivity index (χ2n) is 8.20. The number of aromatic nitrogens is 3. The van der Waals surface area contributed by atoms with Crippen LogP contribution in [0.3, 0.4) is 0 Å². The summed E-state index contributed by atoms with van der Waals surface area (Å²) in [6.45, 7) is 7.21. The molecule has 0 aliphatic heterocycles. The Balaban J connectivity index is 1.76. The van der Waals surface area contributed by atoms with Gasteiger partial charge in [0.1, 0.15) is 23.0 Å². The predicted octanol–water partition coefficient (Wildman–Crippen LogP) is 4.35. The maximum atomic E-state index is 12.7. The first-order valence-electron chi connectivity index (χ1n) is 10.9. The van der Waals surface area contributed by atoms with E-state index >= 15 is 0 Å². The molecule has 158 valence electrons. The summed E-state index contributed by atoms with van der Waals surface area (Å²) in [7, 11) is 1.66. The molecule has 1 saturated carbocycles. The molecule has 1 aliphatic rings. The summed E-state index contributed by atoms with van der Waals surface area (Å²) in [5.41, 5.74) is 2.27. The third kappa shape index (κ3) is 5.17. The highest BCUT2D eigenvalue weighted by Crippen LogP contribution is 2.28. The largest absolute Gasteiger partial charge is 0.494 e. The van der Waals surface area contributed by atoms with Gasteiger partial charge in [0.2, 0.25) is 0 Å². The van der Waals surface area contributed by atoms with Gasteiger partial charge in [0.15, 0.2) is 0 Å². The van der Waals surface area contributed by atoms with Crippen LogP contribution in [-0.4, -0.2) is 34.1 Å². The number of ether oxygens (including phenoxy) is 1. The van der Waals surface area contributed by atoms with E-state index in [0.29, 0.717) is 18.0 Å². The molecule has 2 heterocycles. The van der Waals surface area contributed by atoms with Crippen molar-refractivity contribution >= 4 is 5.91 Å². The zero-order chi connectivity index (χ0) is 20.8. The van der Waals surface area contributed by atoms with Crippen LogP contribution in [-0.2, 0) is 12.8 Å². The fourth-order valence-corrected chi connectivity index (χ4v) is 4.05. The molecule has 6 nitrogen and oxygen atoms in total. The smallest absolute Gasteiger partial charge is 0.271 e. The normalized spacial score (nSPS) is 19.2. The summed E-state index contributed by atoms with van der Waals surface area (Å²) in [5.74, 6) is 2.87. The number of imidazole rings is 1. The lowest BCUT2D eigenvalue weighted by molar-refractivity contribution is 0.0937. The first-order valence-corrected chi connectivity index (χ1v) is 10.9. The average Bonchev–Trinajstić information content (AvgIpc) is 3.17. The molecule has 0 aromatic carbocycles. The third-order valence-corrected chi connectivity index (χ3v) is 5.90. The van der Waals surface area contributed by atoms with Crippen LogP contribution in [0.25, 0.3) is 5.69 Å².